The molecule has 1 aromatic carbocycles. The van der Waals surface area contributed by atoms with E-state index in [4.69, 9.17) is 4.84 Å². The lowest BCUT2D eigenvalue weighted by atomic mass is 10.3. The lowest BCUT2D eigenvalue weighted by Gasteiger charge is -2.11. The van der Waals surface area contributed by atoms with Gasteiger partial charge >= 0.3 is 5.69 Å². The summed E-state index contributed by atoms with van der Waals surface area (Å²) in [6.45, 7) is 0. The van der Waals surface area contributed by atoms with Gasteiger partial charge in [-0.05, 0) is 12.1 Å². The van der Waals surface area contributed by atoms with Crippen LogP contribution in [0, 0.1) is 0 Å². The minimum atomic E-state index is -0.694. The number of rotatable bonds is 3. The molecule has 2 heterocycles. The number of anilines is 1. The van der Waals surface area contributed by atoms with Gasteiger partial charge < -0.3 is 15.1 Å². The zero-order valence-corrected chi connectivity index (χ0v) is 11.7. The number of nitrogens with zero attached hydrogens (tertiary/aromatic N) is 2. The Labute approximate surface area is 124 Å². The molecule has 0 atom stereocenters. The first-order valence-electron chi connectivity index (χ1n) is 5.84. The molecule has 0 saturated heterocycles. The number of H-pyrrole nitrogens is 2. The van der Waals surface area contributed by atoms with Crippen LogP contribution >= 0.6 is 12.4 Å². The first-order valence-corrected chi connectivity index (χ1v) is 5.84. The van der Waals surface area contributed by atoms with E-state index in [0.717, 1.165) is 4.73 Å². The number of nitrogens with one attached hydrogen (secondary N) is 3. The van der Waals surface area contributed by atoms with Crippen molar-refractivity contribution < 1.29 is 4.84 Å². The summed E-state index contributed by atoms with van der Waals surface area (Å²) in [6, 6.07) is 7.10. The van der Waals surface area contributed by atoms with Crippen molar-refractivity contribution in [1.29, 1.82) is 0 Å². The maximum Gasteiger partial charge on any atom is 0.363 e. The average molecular weight is 310 g/mol. The highest BCUT2D eigenvalue weighted by atomic mass is 35.5. The predicted octanol–water partition coefficient (Wildman–Crippen LogP) is 0.718. The van der Waals surface area contributed by atoms with Gasteiger partial charge in [-0.3, -0.25) is 9.78 Å². The highest BCUT2D eigenvalue weighted by molar-refractivity contribution is 5.85. The molecular weight excluding hydrogens is 298 g/mol. The first kappa shape index (κ1) is 14.7. The number of aromatic amines is 2. The molecule has 3 N–H and O–H groups in total. The molecule has 8 nitrogen and oxygen atoms in total. The van der Waals surface area contributed by atoms with Crippen LogP contribution in [0.5, 0.6) is 5.75 Å². The molecule has 0 amide bonds. The van der Waals surface area contributed by atoms with Crippen LogP contribution in [-0.4, -0.2) is 26.7 Å². The molecule has 3 aromatic rings. The zero-order valence-electron chi connectivity index (χ0n) is 10.9. The second-order valence-corrected chi connectivity index (χ2v) is 3.99. The number of hydrogen-bond donors (Lipinski definition) is 3. The highest BCUT2D eigenvalue weighted by Gasteiger charge is 2.12. The Morgan fingerprint density at radius 1 is 1.29 bits per heavy atom. The van der Waals surface area contributed by atoms with Crippen molar-refractivity contribution in [3.63, 3.8) is 0 Å². The molecule has 110 valence electrons. The summed E-state index contributed by atoms with van der Waals surface area (Å²) in [5.41, 5.74) is -0.227. The number of para-hydroxylation sites is 2. The van der Waals surface area contributed by atoms with Crippen LogP contribution in [0.3, 0.4) is 0 Å². The molecular formula is C12H12ClN5O3. The van der Waals surface area contributed by atoms with Gasteiger partial charge in [0.25, 0.3) is 5.56 Å². The molecule has 0 aliphatic rings. The Morgan fingerprint density at radius 2 is 2.05 bits per heavy atom. The first-order chi connectivity index (χ1) is 9.70. The van der Waals surface area contributed by atoms with Gasteiger partial charge in [-0.1, -0.05) is 12.1 Å². The molecule has 0 fully saturated rings. The van der Waals surface area contributed by atoms with Crippen LogP contribution in [0.1, 0.15) is 0 Å². The van der Waals surface area contributed by atoms with Gasteiger partial charge in [-0.15, -0.1) is 17.1 Å². The van der Waals surface area contributed by atoms with Crippen molar-refractivity contribution in [3.05, 3.63) is 51.4 Å². The van der Waals surface area contributed by atoms with Crippen LogP contribution < -0.4 is 21.4 Å². The van der Waals surface area contributed by atoms with E-state index in [1.165, 1.54) is 6.33 Å². The summed E-state index contributed by atoms with van der Waals surface area (Å²) in [5.74, 6) is 0.438. The summed E-state index contributed by atoms with van der Waals surface area (Å²) < 4.78 is 0.934. The third-order valence-electron chi connectivity index (χ3n) is 2.79. The lowest BCUT2D eigenvalue weighted by Crippen LogP contribution is -2.33. The Bertz CT molecular complexity index is 882. The summed E-state index contributed by atoms with van der Waals surface area (Å²) in [6.07, 6.45) is 1.32. The Balaban J connectivity index is 0.00000161. The van der Waals surface area contributed by atoms with E-state index in [1.54, 1.807) is 25.2 Å². The molecule has 3 rings (SSSR count). The molecule has 0 bridgehead atoms. The molecule has 2 aromatic heterocycles. The van der Waals surface area contributed by atoms with Crippen molar-refractivity contribution in [2.24, 2.45) is 0 Å². The summed E-state index contributed by atoms with van der Waals surface area (Å²) in [4.78, 5) is 37.7. The second kappa shape index (κ2) is 5.71. The van der Waals surface area contributed by atoms with E-state index in [1.807, 2.05) is 6.07 Å². The van der Waals surface area contributed by atoms with Gasteiger partial charge in [0, 0.05) is 7.05 Å². The van der Waals surface area contributed by atoms with E-state index in [0.29, 0.717) is 11.4 Å². The highest BCUT2D eigenvalue weighted by Crippen LogP contribution is 2.23. The average Bonchev–Trinajstić information content (AvgIpc) is 2.93. The van der Waals surface area contributed by atoms with E-state index < -0.39 is 11.2 Å². The van der Waals surface area contributed by atoms with Crippen molar-refractivity contribution in [3.8, 4) is 5.75 Å². The fourth-order valence-corrected chi connectivity index (χ4v) is 1.85. The SMILES string of the molecule is CNc1ccccc1On1c(=O)[nH]c(=O)c2[nH]cnc21.Cl. The molecule has 0 aliphatic carbocycles. The second-order valence-electron chi connectivity index (χ2n) is 3.99. The summed E-state index contributed by atoms with van der Waals surface area (Å²) >= 11 is 0. The van der Waals surface area contributed by atoms with Gasteiger partial charge in [0.2, 0.25) is 5.65 Å². The zero-order chi connectivity index (χ0) is 14.1. The number of halogens is 1. The smallest absolute Gasteiger partial charge is 0.363 e. The van der Waals surface area contributed by atoms with E-state index in [9.17, 15) is 9.59 Å². The van der Waals surface area contributed by atoms with Gasteiger partial charge in [0.05, 0.1) is 12.0 Å². The molecule has 0 aliphatic heterocycles. The fourth-order valence-electron chi connectivity index (χ4n) is 1.85. The minimum absolute atomic E-state index is 0. The van der Waals surface area contributed by atoms with Crippen molar-refractivity contribution in [2.75, 3.05) is 12.4 Å². The van der Waals surface area contributed by atoms with E-state index >= 15 is 0 Å². The number of hydrogen-bond acceptors (Lipinski definition) is 5. The maximum absolute atomic E-state index is 11.9. The van der Waals surface area contributed by atoms with Crippen LogP contribution in [-0.2, 0) is 0 Å². The van der Waals surface area contributed by atoms with Crippen molar-refractivity contribution >= 4 is 29.3 Å². The number of fused-ring (bicyclic) bond motifs is 1. The predicted molar refractivity (Wildman–Crippen MR) is 80.2 cm³/mol. The number of benzene rings is 1. The largest absolute Gasteiger partial charge is 0.385 e. The Hall–Kier alpha value is -2.74. The van der Waals surface area contributed by atoms with Gasteiger partial charge in [-0.25, -0.2) is 9.78 Å². The summed E-state index contributed by atoms with van der Waals surface area (Å²) in [7, 11) is 1.74. The van der Waals surface area contributed by atoms with Crippen LogP contribution in [0.25, 0.3) is 11.2 Å². The van der Waals surface area contributed by atoms with Gasteiger partial charge in [0.15, 0.2) is 11.3 Å². The van der Waals surface area contributed by atoms with Gasteiger partial charge in [0.1, 0.15) is 0 Å². The standard InChI is InChI=1S/C12H11N5O3.ClH/c1-13-7-4-2-3-5-8(7)20-17-10-9(14-6-15-10)11(18)16-12(17)19;/h2-6,13H,1H3,(H,14,15)(H,16,18,19);1H. The van der Waals surface area contributed by atoms with E-state index in [2.05, 4.69) is 20.3 Å². The minimum Gasteiger partial charge on any atom is -0.385 e. The topological polar surface area (TPSA) is 105 Å². The number of imidazole rings is 1. The van der Waals surface area contributed by atoms with Crippen molar-refractivity contribution in [2.45, 2.75) is 0 Å². The molecule has 0 saturated carbocycles. The summed E-state index contributed by atoms with van der Waals surface area (Å²) in [5, 5.41) is 2.95. The van der Waals surface area contributed by atoms with Crippen molar-refractivity contribution in [1.82, 2.24) is 19.7 Å². The molecule has 21 heavy (non-hydrogen) atoms. The normalized spacial score (nSPS) is 10.1. The lowest BCUT2D eigenvalue weighted by molar-refractivity contribution is 0.212. The third-order valence-corrected chi connectivity index (χ3v) is 2.79. The molecule has 9 heteroatoms. The molecule has 0 spiro atoms. The quantitative estimate of drug-likeness (QED) is 0.661. The monoisotopic (exact) mass is 309 g/mol. The van der Waals surface area contributed by atoms with Crippen LogP contribution in [0.4, 0.5) is 5.69 Å². The molecule has 0 radical (unpaired) electrons. The Kier molecular flexibility index (Phi) is 3.99. The number of aromatic nitrogens is 4. The van der Waals surface area contributed by atoms with E-state index in [-0.39, 0.29) is 23.6 Å². The van der Waals surface area contributed by atoms with Crippen LogP contribution in [0.2, 0.25) is 0 Å². The maximum atomic E-state index is 11.9. The van der Waals surface area contributed by atoms with Crippen LogP contribution in [0.15, 0.2) is 40.2 Å². The third kappa shape index (κ3) is 2.48. The molecule has 0 unspecified atom stereocenters. The Morgan fingerprint density at radius 3 is 2.81 bits per heavy atom. The fraction of sp³-hybridized carbons (Fsp3) is 0.0833. The van der Waals surface area contributed by atoms with Gasteiger partial charge in [-0.2, -0.15) is 0 Å².